The molecule has 1 N–H and O–H groups in total. The first-order valence-corrected chi connectivity index (χ1v) is 7.24. The molecular weight excluding hydrogens is 416 g/mol. The molecule has 0 atom stereocenters. The van der Waals surface area contributed by atoms with Gasteiger partial charge in [-0.3, -0.25) is 4.79 Å². The van der Waals surface area contributed by atoms with Crippen molar-refractivity contribution in [2.45, 2.75) is 12.8 Å². The van der Waals surface area contributed by atoms with E-state index in [0.29, 0.717) is 18.5 Å². The second kappa shape index (κ2) is 4.71. The highest BCUT2D eigenvalue weighted by Gasteiger charge is 2.50. The molecule has 1 saturated carbocycles. The number of carbonyl (C=O) groups excluding carboxylic acids is 1. The molecular formula is C11H7Br3N2O. The number of amides is 1. The van der Waals surface area contributed by atoms with E-state index in [9.17, 15) is 4.79 Å². The molecule has 3 nitrogen and oxygen atoms in total. The highest BCUT2D eigenvalue weighted by Crippen LogP contribution is 2.46. The van der Waals surface area contributed by atoms with Crippen LogP contribution in [-0.4, -0.2) is 5.91 Å². The highest BCUT2D eigenvalue weighted by molar-refractivity contribution is 9.11. The number of nitrogens with zero attached hydrogens (tertiary/aromatic N) is 1. The molecule has 1 aliphatic rings. The molecule has 0 aromatic heterocycles. The average molecular weight is 423 g/mol. The number of carbonyl (C=O) groups is 1. The van der Waals surface area contributed by atoms with Crippen molar-refractivity contribution < 1.29 is 4.79 Å². The molecule has 1 fully saturated rings. The first-order chi connectivity index (χ1) is 7.98. The lowest BCUT2D eigenvalue weighted by atomic mass is 10.1. The van der Waals surface area contributed by atoms with Crippen LogP contribution in [0.1, 0.15) is 12.8 Å². The van der Waals surface area contributed by atoms with Gasteiger partial charge in [0, 0.05) is 13.4 Å². The summed E-state index contributed by atoms with van der Waals surface area (Å²) in [6.45, 7) is 0. The third-order valence-corrected chi connectivity index (χ3v) is 4.35. The molecule has 0 heterocycles. The average Bonchev–Trinajstić information content (AvgIpc) is 3.03. The maximum absolute atomic E-state index is 11.9. The van der Waals surface area contributed by atoms with Gasteiger partial charge in [0.2, 0.25) is 5.91 Å². The Labute approximate surface area is 124 Å². The molecule has 0 spiro atoms. The molecule has 0 saturated heterocycles. The van der Waals surface area contributed by atoms with E-state index in [1.54, 1.807) is 0 Å². The maximum Gasteiger partial charge on any atom is 0.244 e. The second-order valence-electron chi connectivity index (χ2n) is 3.89. The third kappa shape index (κ3) is 2.56. The topological polar surface area (TPSA) is 52.9 Å². The zero-order valence-electron chi connectivity index (χ0n) is 8.56. The van der Waals surface area contributed by atoms with Crippen LogP contribution in [0, 0.1) is 16.7 Å². The van der Waals surface area contributed by atoms with E-state index in [2.05, 4.69) is 59.2 Å². The van der Waals surface area contributed by atoms with Crippen LogP contribution in [0.3, 0.4) is 0 Å². The molecule has 2 rings (SSSR count). The predicted octanol–water partition coefficient (Wildman–Crippen LogP) is 4.22. The maximum atomic E-state index is 11.9. The fourth-order valence-corrected chi connectivity index (χ4v) is 3.87. The van der Waals surface area contributed by atoms with Crippen LogP contribution >= 0.6 is 47.8 Å². The number of hydrogen-bond acceptors (Lipinski definition) is 2. The summed E-state index contributed by atoms with van der Waals surface area (Å²) < 4.78 is 2.43. The monoisotopic (exact) mass is 420 g/mol. The molecule has 0 aliphatic heterocycles. The predicted molar refractivity (Wildman–Crippen MR) is 75.5 cm³/mol. The quantitative estimate of drug-likeness (QED) is 0.776. The summed E-state index contributed by atoms with van der Waals surface area (Å²) in [7, 11) is 0. The van der Waals surface area contributed by atoms with Gasteiger partial charge in [-0.25, -0.2) is 0 Å². The van der Waals surface area contributed by atoms with Gasteiger partial charge in [0.25, 0.3) is 0 Å². The Morgan fingerprint density at radius 3 is 2.24 bits per heavy atom. The third-order valence-electron chi connectivity index (χ3n) is 2.64. The summed E-state index contributed by atoms with van der Waals surface area (Å²) in [5.74, 6) is -0.233. The van der Waals surface area contributed by atoms with Gasteiger partial charge in [0.05, 0.1) is 11.8 Å². The first-order valence-electron chi connectivity index (χ1n) is 4.86. The van der Waals surface area contributed by atoms with Gasteiger partial charge in [0.15, 0.2) is 0 Å². The number of rotatable bonds is 2. The van der Waals surface area contributed by atoms with E-state index >= 15 is 0 Å². The zero-order chi connectivity index (χ0) is 12.6. The molecule has 17 heavy (non-hydrogen) atoms. The van der Waals surface area contributed by atoms with Gasteiger partial charge < -0.3 is 5.32 Å². The Morgan fingerprint density at radius 1 is 1.29 bits per heavy atom. The van der Waals surface area contributed by atoms with E-state index in [1.807, 2.05) is 12.1 Å². The molecule has 0 bridgehead atoms. The Bertz CT molecular complexity index is 509. The molecule has 6 heteroatoms. The van der Waals surface area contributed by atoms with Crippen molar-refractivity contribution in [3.8, 4) is 6.07 Å². The lowest BCUT2D eigenvalue weighted by molar-refractivity contribution is -0.119. The lowest BCUT2D eigenvalue weighted by Crippen LogP contribution is -2.23. The molecule has 1 aromatic carbocycles. The van der Waals surface area contributed by atoms with Crippen LogP contribution in [0.5, 0.6) is 0 Å². The summed E-state index contributed by atoms with van der Waals surface area (Å²) in [6, 6.07) is 5.75. The van der Waals surface area contributed by atoms with Gasteiger partial charge in [-0.1, -0.05) is 15.9 Å². The number of hydrogen-bond donors (Lipinski definition) is 1. The van der Waals surface area contributed by atoms with E-state index in [4.69, 9.17) is 5.26 Å². The largest absolute Gasteiger partial charge is 0.323 e. The van der Waals surface area contributed by atoms with Gasteiger partial charge >= 0.3 is 0 Å². The van der Waals surface area contributed by atoms with Gasteiger partial charge in [-0.15, -0.1) is 0 Å². The van der Waals surface area contributed by atoms with Crippen LogP contribution in [0.2, 0.25) is 0 Å². The van der Waals surface area contributed by atoms with Crippen molar-refractivity contribution >= 4 is 59.4 Å². The minimum Gasteiger partial charge on any atom is -0.323 e. The molecule has 88 valence electrons. The highest BCUT2D eigenvalue weighted by atomic mass is 79.9. The summed E-state index contributed by atoms with van der Waals surface area (Å²) in [6.07, 6.45) is 1.28. The van der Waals surface area contributed by atoms with Crippen molar-refractivity contribution in [3.63, 3.8) is 0 Å². The minimum absolute atomic E-state index is 0.233. The van der Waals surface area contributed by atoms with Crippen LogP contribution < -0.4 is 5.32 Å². The fourth-order valence-electron chi connectivity index (χ4n) is 1.41. The molecule has 1 aliphatic carbocycles. The van der Waals surface area contributed by atoms with E-state index < -0.39 is 5.41 Å². The summed E-state index contributed by atoms with van der Waals surface area (Å²) in [4.78, 5) is 11.9. The van der Waals surface area contributed by atoms with Crippen LogP contribution in [0.4, 0.5) is 5.69 Å². The van der Waals surface area contributed by atoms with Crippen LogP contribution in [0.25, 0.3) is 0 Å². The van der Waals surface area contributed by atoms with Gasteiger partial charge in [-0.2, -0.15) is 5.26 Å². The number of nitrogens with one attached hydrogen (secondary N) is 1. The minimum atomic E-state index is -0.814. The van der Waals surface area contributed by atoms with Crippen molar-refractivity contribution in [2.75, 3.05) is 5.32 Å². The second-order valence-corrected chi connectivity index (χ2v) is 6.52. The molecule has 1 amide bonds. The SMILES string of the molecule is N#CC1(C(=O)Nc2c(Br)cc(Br)cc2Br)CC1. The lowest BCUT2D eigenvalue weighted by Gasteiger charge is -2.12. The number of anilines is 1. The Balaban J connectivity index is 2.26. The number of halogens is 3. The Hall–Kier alpha value is -0.380. The standard InChI is InChI=1S/C11H7Br3N2O/c12-6-3-7(13)9(8(14)4-6)16-10(17)11(5-15)1-2-11/h3-4H,1-2H2,(H,16,17). The van der Waals surface area contributed by atoms with E-state index in [-0.39, 0.29) is 5.91 Å². The summed E-state index contributed by atoms with van der Waals surface area (Å²) >= 11 is 10.1. The molecule has 0 unspecified atom stereocenters. The normalized spacial score (nSPS) is 16.1. The van der Waals surface area contributed by atoms with Crippen LogP contribution in [-0.2, 0) is 4.79 Å². The van der Waals surface area contributed by atoms with Crippen molar-refractivity contribution in [3.05, 3.63) is 25.6 Å². The first kappa shape index (κ1) is 13.1. The van der Waals surface area contributed by atoms with Crippen molar-refractivity contribution in [1.29, 1.82) is 5.26 Å². The number of nitriles is 1. The summed E-state index contributed by atoms with van der Waals surface area (Å²) in [5.41, 5.74) is -0.161. The number of benzene rings is 1. The van der Waals surface area contributed by atoms with Gasteiger partial charge in [0.1, 0.15) is 5.41 Å². The molecule has 0 radical (unpaired) electrons. The smallest absolute Gasteiger partial charge is 0.244 e. The van der Waals surface area contributed by atoms with Gasteiger partial charge in [-0.05, 0) is 56.8 Å². The fraction of sp³-hybridized carbons (Fsp3) is 0.273. The summed E-state index contributed by atoms with van der Waals surface area (Å²) in [5, 5.41) is 11.7. The zero-order valence-corrected chi connectivity index (χ0v) is 13.3. The van der Waals surface area contributed by atoms with E-state index in [1.165, 1.54) is 0 Å². The van der Waals surface area contributed by atoms with Crippen molar-refractivity contribution in [2.24, 2.45) is 5.41 Å². The Morgan fingerprint density at radius 2 is 1.82 bits per heavy atom. The van der Waals surface area contributed by atoms with Crippen molar-refractivity contribution in [1.82, 2.24) is 0 Å². The Kier molecular flexibility index (Phi) is 3.62. The van der Waals surface area contributed by atoms with E-state index in [0.717, 1.165) is 13.4 Å². The van der Waals surface area contributed by atoms with Crippen LogP contribution in [0.15, 0.2) is 25.6 Å². The molecule has 1 aromatic rings.